The summed E-state index contributed by atoms with van der Waals surface area (Å²) in [5.74, 6) is 0.656. The highest BCUT2D eigenvalue weighted by atomic mass is 32.2. The normalized spacial score (nSPS) is 18.2. The summed E-state index contributed by atoms with van der Waals surface area (Å²) in [5, 5.41) is 0.0451. The molecule has 0 radical (unpaired) electrons. The van der Waals surface area contributed by atoms with Gasteiger partial charge in [0.15, 0.2) is 5.03 Å². The first-order valence-electron chi connectivity index (χ1n) is 7.14. The number of imidazole rings is 1. The van der Waals surface area contributed by atoms with Gasteiger partial charge in [-0.1, -0.05) is 24.3 Å². The number of benzene rings is 1. The molecule has 0 amide bonds. The molecule has 0 fully saturated rings. The van der Waals surface area contributed by atoms with E-state index in [0.717, 1.165) is 0 Å². The van der Waals surface area contributed by atoms with Crippen LogP contribution in [-0.2, 0) is 34.8 Å². The van der Waals surface area contributed by atoms with Gasteiger partial charge in [-0.3, -0.25) is 0 Å². The lowest BCUT2D eigenvalue weighted by molar-refractivity contribution is 0.0322. The molecule has 0 bridgehead atoms. The maximum absolute atomic E-state index is 12.2. The summed E-state index contributed by atoms with van der Waals surface area (Å²) in [7, 11) is -1.83. The van der Waals surface area contributed by atoms with Gasteiger partial charge in [-0.2, -0.15) is 0 Å². The van der Waals surface area contributed by atoms with E-state index < -0.39 is 10.0 Å². The fourth-order valence-electron chi connectivity index (χ4n) is 2.47. The predicted molar refractivity (Wildman–Crippen MR) is 81.9 cm³/mol. The Balaban J connectivity index is 1.66. The van der Waals surface area contributed by atoms with Crippen LogP contribution in [0.25, 0.3) is 0 Å². The Morgan fingerprint density at radius 2 is 2.09 bits per heavy atom. The van der Waals surface area contributed by atoms with Crippen LogP contribution in [0.5, 0.6) is 0 Å². The summed E-state index contributed by atoms with van der Waals surface area (Å²) in [6, 6.07) is 8.06. The molecule has 1 aliphatic rings. The summed E-state index contributed by atoms with van der Waals surface area (Å²) in [4.78, 5) is 4.05. The third-order valence-electron chi connectivity index (χ3n) is 3.90. The van der Waals surface area contributed by atoms with Crippen LogP contribution in [0.4, 0.5) is 0 Å². The SMILES string of the molecule is Cc1nc(S(=O)(=O)NC[C@@H]2Cc3ccccc3CO2)cn1C. The number of sulfonamides is 1. The summed E-state index contributed by atoms with van der Waals surface area (Å²) < 4.78 is 34.5. The van der Waals surface area contributed by atoms with Gasteiger partial charge in [-0.15, -0.1) is 0 Å². The lowest BCUT2D eigenvalue weighted by Crippen LogP contribution is -2.36. The number of rotatable bonds is 4. The monoisotopic (exact) mass is 321 g/mol. The maximum atomic E-state index is 12.2. The molecular weight excluding hydrogens is 302 g/mol. The van der Waals surface area contributed by atoms with E-state index in [0.29, 0.717) is 18.9 Å². The lowest BCUT2D eigenvalue weighted by atomic mass is 9.99. The molecule has 6 nitrogen and oxygen atoms in total. The molecule has 0 spiro atoms. The predicted octanol–water partition coefficient (Wildman–Crippen LogP) is 1.15. The van der Waals surface area contributed by atoms with Crippen LogP contribution in [0, 0.1) is 6.92 Å². The maximum Gasteiger partial charge on any atom is 0.259 e. The molecule has 1 atom stereocenters. The minimum atomic E-state index is -3.60. The van der Waals surface area contributed by atoms with Crippen LogP contribution in [0.2, 0.25) is 0 Å². The van der Waals surface area contributed by atoms with Crippen molar-refractivity contribution in [2.75, 3.05) is 6.54 Å². The van der Waals surface area contributed by atoms with Crippen LogP contribution in [0.3, 0.4) is 0 Å². The van der Waals surface area contributed by atoms with Crippen molar-refractivity contribution >= 4 is 10.0 Å². The summed E-state index contributed by atoms with van der Waals surface area (Å²) in [6.45, 7) is 2.53. The second-order valence-electron chi connectivity index (χ2n) is 5.50. The van der Waals surface area contributed by atoms with Crippen molar-refractivity contribution in [1.29, 1.82) is 0 Å². The van der Waals surface area contributed by atoms with Gasteiger partial charge in [-0.05, 0) is 18.1 Å². The number of fused-ring (bicyclic) bond motifs is 1. The first-order valence-corrected chi connectivity index (χ1v) is 8.62. The number of ether oxygens (including phenoxy) is 1. The average molecular weight is 321 g/mol. The van der Waals surface area contributed by atoms with E-state index >= 15 is 0 Å². The summed E-state index contributed by atoms with van der Waals surface area (Å²) in [6.07, 6.45) is 2.06. The first kappa shape index (κ1) is 15.2. The number of hydrogen-bond acceptors (Lipinski definition) is 4. The topological polar surface area (TPSA) is 73.2 Å². The minimum Gasteiger partial charge on any atom is -0.372 e. The van der Waals surface area contributed by atoms with Crippen molar-refractivity contribution < 1.29 is 13.2 Å². The van der Waals surface area contributed by atoms with Gasteiger partial charge in [0.1, 0.15) is 5.82 Å². The summed E-state index contributed by atoms with van der Waals surface area (Å²) >= 11 is 0. The van der Waals surface area contributed by atoms with Crippen LogP contribution >= 0.6 is 0 Å². The Kier molecular flexibility index (Phi) is 4.03. The van der Waals surface area contributed by atoms with Gasteiger partial charge >= 0.3 is 0 Å². The number of nitrogens with one attached hydrogen (secondary N) is 1. The third-order valence-corrected chi connectivity index (χ3v) is 5.20. The Hall–Kier alpha value is -1.70. The van der Waals surface area contributed by atoms with E-state index in [2.05, 4.69) is 15.8 Å². The molecule has 0 saturated carbocycles. The Labute approximate surface area is 130 Å². The molecule has 1 N–H and O–H groups in total. The van der Waals surface area contributed by atoms with Gasteiger partial charge in [0.25, 0.3) is 10.0 Å². The number of nitrogens with zero attached hydrogens (tertiary/aromatic N) is 2. The molecular formula is C15H19N3O3S. The van der Waals surface area contributed by atoms with Crippen LogP contribution in [-0.4, -0.2) is 30.6 Å². The molecule has 0 saturated heterocycles. The van der Waals surface area contributed by atoms with Crippen molar-refractivity contribution in [2.45, 2.75) is 31.1 Å². The molecule has 118 valence electrons. The van der Waals surface area contributed by atoms with Crippen molar-refractivity contribution in [3.63, 3.8) is 0 Å². The standard InChI is InChI=1S/C15H19N3O3S/c1-11-17-15(9-18(11)2)22(19,20)16-8-14-7-12-5-3-4-6-13(12)10-21-14/h3-6,9,14,16H,7-8,10H2,1-2H3/t14-/m0/s1. The van der Waals surface area contributed by atoms with Crippen LogP contribution in [0.1, 0.15) is 17.0 Å². The fraction of sp³-hybridized carbons (Fsp3) is 0.400. The molecule has 0 unspecified atom stereocenters. The molecule has 1 aromatic carbocycles. The zero-order valence-corrected chi connectivity index (χ0v) is 13.4. The molecule has 1 aliphatic heterocycles. The van der Waals surface area contributed by atoms with Gasteiger partial charge in [0.2, 0.25) is 0 Å². The highest BCUT2D eigenvalue weighted by molar-refractivity contribution is 7.89. The largest absolute Gasteiger partial charge is 0.372 e. The van der Waals surface area contributed by atoms with Gasteiger partial charge in [0.05, 0.1) is 12.7 Å². The van der Waals surface area contributed by atoms with E-state index in [1.54, 1.807) is 18.5 Å². The Bertz CT molecular complexity index is 764. The van der Waals surface area contributed by atoms with Crippen LogP contribution < -0.4 is 4.72 Å². The Morgan fingerprint density at radius 1 is 1.36 bits per heavy atom. The smallest absolute Gasteiger partial charge is 0.259 e. The van der Waals surface area contributed by atoms with E-state index in [9.17, 15) is 8.42 Å². The fourth-order valence-corrected chi connectivity index (χ4v) is 3.58. The quantitative estimate of drug-likeness (QED) is 0.917. The van der Waals surface area contributed by atoms with Gasteiger partial charge < -0.3 is 9.30 Å². The molecule has 7 heteroatoms. The minimum absolute atomic E-state index is 0.0451. The number of aryl methyl sites for hydroxylation is 2. The van der Waals surface area contributed by atoms with Gasteiger partial charge in [0, 0.05) is 26.2 Å². The second kappa shape index (κ2) is 5.83. The molecule has 1 aromatic heterocycles. The molecule has 2 heterocycles. The zero-order chi connectivity index (χ0) is 15.7. The van der Waals surface area contributed by atoms with Crippen molar-refractivity contribution in [2.24, 2.45) is 7.05 Å². The van der Waals surface area contributed by atoms with E-state index in [1.807, 2.05) is 18.2 Å². The molecule has 0 aliphatic carbocycles. The number of aromatic nitrogens is 2. The Morgan fingerprint density at radius 3 is 2.77 bits per heavy atom. The third kappa shape index (κ3) is 3.06. The van der Waals surface area contributed by atoms with E-state index in [1.165, 1.54) is 17.3 Å². The van der Waals surface area contributed by atoms with Crippen molar-refractivity contribution in [3.05, 3.63) is 47.4 Å². The molecule has 3 rings (SSSR count). The van der Waals surface area contributed by atoms with Crippen molar-refractivity contribution in [3.8, 4) is 0 Å². The molecule has 2 aromatic rings. The zero-order valence-electron chi connectivity index (χ0n) is 12.6. The first-order chi connectivity index (χ1) is 10.5. The second-order valence-corrected chi connectivity index (χ2v) is 7.21. The highest BCUT2D eigenvalue weighted by Crippen LogP contribution is 2.20. The molecule has 22 heavy (non-hydrogen) atoms. The number of hydrogen-bond donors (Lipinski definition) is 1. The average Bonchev–Trinajstić information content (AvgIpc) is 2.85. The van der Waals surface area contributed by atoms with Crippen molar-refractivity contribution in [1.82, 2.24) is 14.3 Å². The van der Waals surface area contributed by atoms with Crippen LogP contribution in [0.15, 0.2) is 35.5 Å². The van der Waals surface area contributed by atoms with E-state index in [4.69, 9.17) is 4.74 Å². The summed E-state index contributed by atoms with van der Waals surface area (Å²) in [5.41, 5.74) is 2.38. The lowest BCUT2D eigenvalue weighted by Gasteiger charge is -2.25. The van der Waals surface area contributed by atoms with Gasteiger partial charge in [-0.25, -0.2) is 18.1 Å². The van der Waals surface area contributed by atoms with E-state index in [-0.39, 0.29) is 17.7 Å². The highest BCUT2D eigenvalue weighted by Gasteiger charge is 2.23.